The molecule has 12 heavy (non-hydrogen) atoms. The molecule has 0 aromatic carbocycles. The Labute approximate surface area is 67.4 Å². The fraction of sp³-hybridized carbons (Fsp3) is 0.400. The minimum absolute atomic E-state index is 0.0147. The van der Waals surface area contributed by atoms with Gasteiger partial charge in [-0.05, 0) is 0 Å². The van der Waals surface area contributed by atoms with Gasteiger partial charge < -0.3 is 11.5 Å². The smallest absolute Gasteiger partial charge is 0.370 e. The van der Waals surface area contributed by atoms with Crippen molar-refractivity contribution in [3.8, 4) is 0 Å². The zero-order valence-corrected chi connectivity index (χ0v) is 6.28. The van der Waals surface area contributed by atoms with Crippen molar-refractivity contribution in [1.29, 1.82) is 0 Å². The van der Waals surface area contributed by atoms with Crippen LogP contribution in [0.25, 0.3) is 0 Å². The molecule has 0 aliphatic carbocycles. The average Bonchev–Trinajstić information content (AvgIpc) is 2.35. The first-order valence-electron chi connectivity index (χ1n) is 3.29. The number of nitrogens with two attached hydrogens (primary N) is 2. The molecule has 0 bridgehead atoms. The first-order valence-corrected chi connectivity index (χ1v) is 3.29. The van der Waals surface area contributed by atoms with Crippen LogP contribution in [0.1, 0.15) is 5.82 Å². The van der Waals surface area contributed by atoms with E-state index in [0.29, 0.717) is 18.8 Å². The second-order valence-corrected chi connectivity index (χ2v) is 2.10. The van der Waals surface area contributed by atoms with Gasteiger partial charge in [0.05, 0.1) is 0 Å². The van der Waals surface area contributed by atoms with Gasteiger partial charge in [-0.2, -0.15) is 0 Å². The van der Waals surface area contributed by atoms with Crippen LogP contribution in [0.2, 0.25) is 0 Å². The molecular formula is C5H9N5O2. The van der Waals surface area contributed by atoms with E-state index in [0.717, 1.165) is 0 Å². The minimum Gasteiger partial charge on any atom is -0.370 e. The third kappa shape index (κ3) is 2.45. The van der Waals surface area contributed by atoms with Crippen molar-refractivity contribution >= 4 is 5.96 Å². The number of rotatable bonds is 3. The molecule has 7 nitrogen and oxygen atoms in total. The van der Waals surface area contributed by atoms with Gasteiger partial charge in [-0.15, -0.1) is 0 Å². The number of hydrogen-bond donors (Lipinski definition) is 3. The maximum Gasteiger partial charge on any atom is 0.438 e. The Hall–Kier alpha value is -1.79. The summed E-state index contributed by atoms with van der Waals surface area (Å²) in [5, 5.41) is 3.42. The maximum atomic E-state index is 10.4. The van der Waals surface area contributed by atoms with Gasteiger partial charge >= 0.3 is 5.76 Å². The molecule has 1 aromatic rings. The zero-order chi connectivity index (χ0) is 8.97. The van der Waals surface area contributed by atoms with Gasteiger partial charge in [-0.1, -0.05) is 5.16 Å². The monoisotopic (exact) mass is 171 g/mol. The van der Waals surface area contributed by atoms with Crippen molar-refractivity contribution in [3.63, 3.8) is 0 Å². The summed E-state index contributed by atoms with van der Waals surface area (Å²) >= 11 is 0. The number of aliphatic imine (C=N–C) groups is 1. The van der Waals surface area contributed by atoms with Crippen molar-refractivity contribution in [3.05, 3.63) is 16.4 Å². The lowest BCUT2D eigenvalue weighted by Crippen LogP contribution is -2.23. The van der Waals surface area contributed by atoms with E-state index < -0.39 is 5.76 Å². The lowest BCUT2D eigenvalue weighted by Gasteiger charge is -1.90. The summed E-state index contributed by atoms with van der Waals surface area (Å²) in [6, 6.07) is 0. The van der Waals surface area contributed by atoms with Gasteiger partial charge in [0.1, 0.15) is 0 Å². The highest BCUT2D eigenvalue weighted by atomic mass is 16.5. The van der Waals surface area contributed by atoms with Crippen molar-refractivity contribution < 1.29 is 4.52 Å². The molecule has 1 rings (SSSR count). The molecule has 0 aliphatic heterocycles. The third-order valence-corrected chi connectivity index (χ3v) is 1.13. The van der Waals surface area contributed by atoms with E-state index in [-0.39, 0.29) is 5.96 Å². The molecule has 0 atom stereocenters. The molecule has 5 N–H and O–H groups in total. The molecule has 0 saturated heterocycles. The van der Waals surface area contributed by atoms with Gasteiger partial charge in [-0.3, -0.25) is 14.5 Å². The SMILES string of the molecule is NC(N)=NCCc1noc(=O)[nH]1. The van der Waals surface area contributed by atoms with Crippen LogP contribution in [0.3, 0.4) is 0 Å². The van der Waals surface area contributed by atoms with Crippen molar-refractivity contribution in [2.75, 3.05) is 6.54 Å². The van der Waals surface area contributed by atoms with E-state index >= 15 is 0 Å². The number of nitrogens with zero attached hydrogens (tertiary/aromatic N) is 2. The van der Waals surface area contributed by atoms with Crippen LogP contribution < -0.4 is 17.2 Å². The predicted molar refractivity (Wildman–Crippen MR) is 41.5 cm³/mol. The van der Waals surface area contributed by atoms with Gasteiger partial charge in [0.25, 0.3) is 0 Å². The molecule has 0 saturated carbocycles. The Kier molecular flexibility index (Phi) is 2.46. The van der Waals surface area contributed by atoms with Crippen molar-refractivity contribution in [2.45, 2.75) is 6.42 Å². The summed E-state index contributed by atoms with van der Waals surface area (Å²) in [5.74, 6) is -0.124. The second kappa shape index (κ2) is 3.56. The molecule has 66 valence electrons. The van der Waals surface area contributed by atoms with Gasteiger partial charge in [0, 0.05) is 13.0 Å². The van der Waals surface area contributed by atoms with Crippen LogP contribution in [-0.4, -0.2) is 22.6 Å². The van der Waals surface area contributed by atoms with Gasteiger partial charge in [0.2, 0.25) is 0 Å². The highest BCUT2D eigenvalue weighted by Crippen LogP contribution is 1.86. The number of hydrogen-bond acceptors (Lipinski definition) is 4. The Bertz CT molecular complexity index is 321. The lowest BCUT2D eigenvalue weighted by molar-refractivity contribution is 0.381. The van der Waals surface area contributed by atoms with Crippen LogP contribution in [-0.2, 0) is 6.42 Å². The molecular weight excluding hydrogens is 162 g/mol. The number of aromatic amines is 1. The predicted octanol–water partition coefficient (Wildman–Crippen LogP) is -1.82. The number of guanidine groups is 1. The van der Waals surface area contributed by atoms with Gasteiger partial charge in [0.15, 0.2) is 11.8 Å². The highest BCUT2D eigenvalue weighted by molar-refractivity contribution is 5.75. The normalized spacial score (nSPS) is 9.67. The Morgan fingerprint density at radius 3 is 2.92 bits per heavy atom. The molecule has 0 aliphatic rings. The van der Waals surface area contributed by atoms with Gasteiger partial charge in [-0.25, -0.2) is 4.79 Å². The van der Waals surface area contributed by atoms with Crippen molar-refractivity contribution in [1.82, 2.24) is 10.1 Å². The van der Waals surface area contributed by atoms with E-state index in [1.54, 1.807) is 0 Å². The molecule has 7 heteroatoms. The third-order valence-electron chi connectivity index (χ3n) is 1.13. The van der Waals surface area contributed by atoms with Crippen LogP contribution in [0.5, 0.6) is 0 Å². The Balaban J connectivity index is 2.44. The lowest BCUT2D eigenvalue weighted by atomic mass is 10.4. The van der Waals surface area contributed by atoms with Crippen molar-refractivity contribution in [2.24, 2.45) is 16.5 Å². The fourth-order valence-electron chi connectivity index (χ4n) is 0.659. The van der Waals surface area contributed by atoms with E-state index in [1.807, 2.05) is 0 Å². The summed E-state index contributed by atoms with van der Waals surface area (Å²) in [6.45, 7) is 0.380. The van der Waals surface area contributed by atoms with Crippen LogP contribution in [0.4, 0.5) is 0 Å². The molecule has 0 unspecified atom stereocenters. The quantitative estimate of drug-likeness (QED) is 0.365. The van der Waals surface area contributed by atoms with E-state index in [2.05, 4.69) is 19.7 Å². The Morgan fingerprint density at radius 1 is 1.67 bits per heavy atom. The summed E-state index contributed by atoms with van der Waals surface area (Å²) < 4.78 is 4.25. The molecule has 1 heterocycles. The van der Waals surface area contributed by atoms with Crippen LogP contribution in [0.15, 0.2) is 14.3 Å². The molecule has 0 fully saturated rings. The number of aromatic nitrogens is 2. The molecule has 0 radical (unpaired) electrons. The average molecular weight is 171 g/mol. The van der Waals surface area contributed by atoms with E-state index in [1.165, 1.54) is 0 Å². The fourth-order valence-corrected chi connectivity index (χ4v) is 0.659. The first kappa shape index (κ1) is 8.31. The maximum absolute atomic E-state index is 10.4. The summed E-state index contributed by atoms with van der Waals surface area (Å²) in [5.41, 5.74) is 10.1. The minimum atomic E-state index is -0.574. The number of H-pyrrole nitrogens is 1. The summed E-state index contributed by atoms with van der Waals surface area (Å²) in [7, 11) is 0. The van der Waals surface area contributed by atoms with E-state index in [9.17, 15) is 4.79 Å². The zero-order valence-electron chi connectivity index (χ0n) is 6.28. The summed E-state index contributed by atoms with van der Waals surface area (Å²) in [6.07, 6.45) is 0.448. The second-order valence-electron chi connectivity index (χ2n) is 2.10. The van der Waals surface area contributed by atoms with E-state index in [4.69, 9.17) is 11.5 Å². The van der Waals surface area contributed by atoms with Crippen LogP contribution >= 0.6 is 0 Å². The Morgan fingerprint density at radius 2 is 2.42 bits per heavy atom. The first-order chi connectivity index (χ1) is 5.68. The number of nitrogens with one attached hydrogen (secondary N) is 1. The standard InChI is InChI=1S/C5H9N5O2/c6-4(7)8-2-1-3-9-5(11)12-10-3/h1-2H2,(H4,6,7,8)(H,9,10,11). The molecule has 0 amide bonds. The molecule has 1 aromatic heterocycles. The topological polar surface area (TPSA) is 123 Å². The van der Waals surface area contributed by atoms with Crippen LogP contribution in [0, 0.1) is 0 Å². The highest BCUT2D eigenvalue weighted by Gasteiger charge is 1.97. The summed E-state index contributed by atoms with van der Waals surface area (Å²) in [4.78, 5) is 16.5. The largest absolute Gasteiger partial charge is 0.438 e. The molecule has 0 spiro atoms.